The summed E-state index contributed by atoms with van der Waals surface area (Å²) in [5, 5.41) is 1.68. The molecule has 2 atom stereocenters. The highest BCUT2D eigenvalue weighted by molar-refractivity contribution is 6.31. The van der Waals surface area contributed by atoms with Crippen molar-refractivity contribution < 1.29 is 18.9 Å². The van der Waals surface area contributed by atoms with Gasteiger partial charge in [-0.15, -0.1) is 0 Å². The number of benzene rings is 2. The van der Waals surface area contributed by atoms with E-state index in [1.54, 1.807) is 48.5 Å². The Balaban J connectivity index is 1.55. The second kappa shape index (κ2) is 5.36. The smallest absolute Gasteiger partial charge is 0.291 e. The van der Waals surface area contributed by atoms with E-state index in [4.69, 9.17) is 11.6 Å². The van der Waals surface area contributed by atoms with Gasteiger partial charge in [-0.3, -0.25) is 4.98 Å². The molecule has 1 heterocycles. The summed E-state index contributed by atoms with van der Waals surface area (Å²) < 4.78 is 28.1. The molecule has 3 N–H and O–H groups in total. The molecule has 1 amide bonds. The van der Waals surface area contributed by atoms with Gasteiger partial charge in [0.2, 0.25) is 0 Å². The fourth-order valence-corrected chi connectivity index (χ4v) is 3.22. The van der Waals surface area contributed by atoms with Crippen molar-refractivity contribution in [1.82, 2.24) is 9.97 Å². The van der Waals surface area contributed by atoms with E-state index in [1.807, 2.05) is 0 Å². The molecule has 0 bridgehead atoms. The first kappa shape index (κ1) is 15.2. The third-order valence-electron chi connectivity index (χ3n) is 4.26. The minimum atomic E-state index is -3.02. The molecule has 4 rings (SSSR count). The van der Waals surface area contributed by atoms with Crippen LogP contribution in [-0.4, -0.2) is 21.8 Å². The van der Waals surface area contributed by atoms with Gasteiger partial charge in [0.25, 0.3) is 5.92 Å². The molecule has 0 saturated heterocycles. The van der Waals surface area contributed by atoms with Gasteiger partial charge in [0.05, 0.1) is 17.0 Å². The molecule has 2 unspecified atom stereocenters. The van der Waals surface area contributed by atoms with Gasteiger partial charge in [0.1, 0.15) is 0 Å². The minimum absolute atomic E-state index is 0.256. The SMILES string of the molecule is O=C([NH2+]c1nc2ccc(Cl)cc2[nH]1)C1C(c2ccccc2)C1(F)F. The zero-order valence-corrected chi connectivity index (χ0v) is 13.1. The van der Waals surface area contributed by atoms with Gasteiger partial charge >= 0.3 is 11.9 Å². The Kier molecular flexibility index (Phi) is 3.40. The number of carbonyl (C=O) groups excluding carboxylic acids is 1. The predicted molar refractivity (Wildman–Crippen MR) is 85.3 cm³/mol. The summed E-state index contributed by atoms with van der Waals surface area (Å²) in [7, 11) is 0. The Morgan fingerprint density at radius 3 is 2.71 bits per heavy atom. The number of amides is 1. The number of halogens is 3. The van der Waals surface area contributed by atoms with Crippen LogP contribution in [0.4, 0.5) is 14.7 Å². The van der Waals surface area contributed by atoms with Crippen LogP contribution in [0.15, 0.2) is 48.5 Å². The van der Waals surface area contributed by atoms with Crippen molar-refractivity contribution in [2.75, 3.05) is 0 Å². The van der Waals surface area contributed by atoms with Crippen LogP contribution in [0.3, 0.4) is 0 Å². The van der Waals surface area contributed by atoms with Crippen molar-refractivity contribution in [2.24, 2.45) is 5.92 Å². The second-order valence-corrected chi connectivity index (χ2v) is 6.31. The molecule has 1 aliphatic rings. The van der Waals surface area contributed by atoms with Crippen molar-refractivity contribution >= 4 is 34.5 Å². The molecule has 7 heteroatoms. The zero-order chi connectivity index (χ0) is 16.9. The van der Waals surface area contributed by atoms with Gasteiger partial charge < -0.3 is 0 Å². The average Bonchev–Trinajstić information content (AvgIpc) is 2.92. The molecule has 122 valence electrons. The largest absolute Gasteiger partial charge is 0.328 e. The molecule has 0 spiro atoms. The molecule has 1 aliphatic carbocycles. The lowest BCUT2D eigenvalue weighted by Gasteiger charge is -1.96. The second-order valence-electron chi connectivity index (χ2n) is 5.87. The first-order valence-electron chi connectivity index (χ1n) is 7.43. The molecular weight excluding hydrogens is 336 g/mol. The number of fused-ring (bicyclic) bond motifs is 1. The number of nitrogens with zero attached hydrogens (tertiary/aromatic N) is 1. The van der Waals surface area contributed by atoms with Crippen molar-refractivity contribution in [3.8, 4) is 0 Å². The number of imidazole rings is 1. The Morgan fingerprint density at radius 2 is 1.96 bits per heavy atom. The molecule has 3 aromatic rings. The number of primary amides is 1. The third kappa shape index (κ3) is 2.48. The van der Waals surface area contributed by atoms with Gasteiger partial charge in [0, 0.05) is 5.02 Å². The summed E-state index contributed by atoms with van der Waals surface area (Å²) in [6, 6.07) is 13.4. The van der Waals surface area contributed by atoms with Crippen molar-refractivity contribution in [3.05, 3.63) is 59.1 Å². The van der Waals surface area contributed by atoms with E-state index < -0.39 is 23.7 Å². The number of alkyl halides is 2. The molecule has 0 aliphatic heterocycles. The van der Waals surface area contributed by atoms with E-state index in [2.05, 4.69) is 9.97 Å². The van der Waals surface area contributed by atoms with Crippen molar-refractivity contribution in [1.29, 1.82) is 0 Å². The van der Waals surface area contributed by atoms with Crippen LogP contribution < -0.4 is 5.32 Å². The Hall–Kier alpha value is -2.31. The molecule has 2 aromatic carbocycles. The highest BCUT2D eigenvalue weighted by Crippen LogP contribution is 2.61. The topological polar surface area (TPSA) is 62.4 Å². The van der Waals surface area contributed by atoms with Gasteiger partial charge in [-0.05, 0) is 23.8 Å². The first-order valence-corrected chi connectivity index (χ1v) is 7.81. The molecule has 0 radical (unpaired) electrons. The van der Waals surface area contributed by atoms with Crippen LogP contribution in [0.2, 0.25) is 5.02 Å². The summed E-state index contributed by atoms with van der Waals surface area (Å²) in [4.78, 5) is 19.4. The maximum Gasteiger partial charge on any atom is 0.328 e. The molecule has 1 fully saturated rings. The third-order valence-corrected chi connectivity index (χ3v) is 4.50. The number of nitrogens with one attached hydrogen (secondary N) is 1. The minimum Gasteiger partial charge on any atom is -0.291 e. The number of quaternary nitrogens is 1. The van der Waals surface area contributed by atoms with Crippen LogP contribution >= 0.6 is 11.6 Å². The van der Waals surface area contributed by atoms with E-state index in [9.17, 15) is 13.6 Å². The molecule has 24 heavy (non-hydrogen) atoms. The van der Waals surface area contributed by atoms with E-state index in [0.717, 1.165) is 5.32 Å². The number of hydrogen-bond donors (Lipinski definition) is 2. The Labute approximate surface area is 140 Å². The summed E-state index contributed by atoms with van der Waals surface area (Å²) in [5.41, 5.74) is 1.76. The number of rotatable bonds is 3. The number of aromatic nitrogens is 2. The van der Waals surface area contributed by atoms with Crippen LogP contribution in [0.5, 0.6) is 0 Å². The Morgan fingerprint density at radius 1 is 1.21 bits per heavy atom. The maximum absolute atomic E-state index is 14.1. The fraction of sp³-hybridized carbons (Fsp3) is 0.176. The zero-order valence-electron chi connectivity index (χ0n) is 12.3. The first-order chi connectivity index (χ1) is 11.5. The molecule has 1 saturated carbocycles. The fourth-order valence-electron chi connectivity index (χ4n) is 3.05. The van der Waals surface area contributed by atoms with Crippen LogP contribution in [-0.2, 0) is 4.79 Å². The lowest BCUT2D eigenvalue weighted by atomic mass is 10.1. The van der Waals surface area contributed by atoms with Crippen LogP contribution in [0.1, 0.15) is 11.5 Å². The number of hydrogen-bond acceptors (Lipinski definition) is 2. The van der Waals surface area contributed by atoms with Crippen LogP contribution in [0, 0.1) is 5.92 Å². The van der Waals surface area contributed by atoms with E-state index in [1.165, 1.54) is 0 Å². The summed E-state index contributed by atoms with van der Waals surface area (Å²) >= 11 is 5.89. The van der Waals surface area contributed by atoms with Crippen molar-refractivity contribution in [2.45, 2.75) is 11.8 Å². The quantitative estimate of drug-likeness (QED) is 0.764. The van der Waals surface area contributed by atoms with E-state index >= 15 is 0 Å². The standard InChI is InChI=1S/C17H12ClF2N3O/c18-10-6-7-11-12(8-10)22-16(21-11)23-15(24)14-13(17(14,19)20)9-4-2-1-3-5-9/h1-8,13-14H,(H2,21,22,23,24)/p+1. The Bertz CT molecular complexity index is 926. The number of aromatic amines is 1. The normalized spacial score (nSPS) is 21.8. The summed E-state index contributed by atoms with van der Waals surface area (Å²) in [5.74, 6) is -5.80. The van der Waals surface area contributed by atoms with E-state index in [-0.39, 0.29) is 5.95 Å². The van der Waals surface area contributed by atoms with Crippen LogP contribution in [0.25, 0.3) is 11.0 Å². The number of nitrogens with two attached hydrogens (primary N) is 1. The monoisotopic (exact) mass is 348 g/mol. The van der Waals surface area contributed by atoms with E-state index in [0.29, 0.717) is 21.6 Å². The van der Waals surface area contributed by atoms with Gasteiger partial charge in [-0.2, -0.15) is 4.98 Å². The average molecular weight is 349 g/mol. The lowest BCUT2D eigenvalue weighted by Crippen LogP contribution is -2.84. The molecular formula is C17H13ClF2N3O+. The van der Waals surface area contributed by atoms with Gasteiger partial charge in [-0.25, -0.2) is 18.9 Å². The maximum atomic E-state index is 14.1. The highest BCUT2D eigenvalue weighted by atomic mass is 35.5. The number of carbonyl (C=O) groups is 1. The van der Waals surface area contributed by atoms with Crippen molar-refractivity contribution in [3.63, 3.8) is 0 Å². The lowest BCUT2D eigenvalue weighted by molar-refractivity contribution is -0.493. The number of H-pyrrole nitrogens is 1. The highest BCUT2D eigenvalue weighted by Gasteiger charge is 2.74. The van der Waals surface area contributed by atoms with Gasteiger partial charge in [0.15, 0.2) is 5.92 Å². The summed E-state index contributed by atoms with van der Waals surface area (Å²) in [6.07, 6.45) is 0. The molecule has 4 nitrogen and oxygen atoms in total. The predicted octanol–water partition coefficient (Wildman–Crippen LogP) is 2.99. The summed E-state index contributed by atoms with van der Waals surface area (Å²) in [6.45, 7) is 0. The van der Waals surface area contributed by atoms with Gasteiger partial charge in [-0.1, -0.05) is 41.9 Å². The molecule has 1 aromatic heterocycles.